The number of nitrogens with two attached hydrogens (primary N) is 1. The van der Waals surface area contributed by atoms with Gasteiger partial charge < -0.3 is 36.7 Å². The van der Waals surface area contributed by atoms with Gasteiger partial charge in [-0.15, -0.1) is 0 Å². The quantitative estimate of drug-likeness (QED) is 0.0463. The lowest BCUT2D eigenvalue weighted by Gasteiger charge is -2.27. The molecule has 3 aromatic heterocycles. The van der Waals surface area contributed by atoms with Crippen molar-refractivity contribution in [3.05, 3.63) is 101 Å². The molecule has 20 nitrogen and oxygen atoms in total. The van der Waals surface area contributed by atoms with Crippen LogP contribution in [-0.2, 0) is 9.59 Å². The molecule has 65 heavy (non-hydrogen) atoms. The number of alkyl halides is 3. The van der Waals surface area contributed by atoms with Crippen LogP contribution in [0.2, 0.25) is 0 Å². The number of piperidine rings is 1. The van der Waals surface area contributed by atoms with Gasteiger partial charge in [-0.3, -0.25) is 43.8 Å². The third-order valence-electron chi connectivity index (χ3n) is 10.2. The van der Waals surface area contributed by atoms with Gasteiger partial charge in [-0.25, -0.2) is 14.6 Å². The van der Waals surface area contributed by atoms with E-state index in [1.165, 1.54) is 35.3 Å². The maximum atomic E-state index is 13.3. The first kappa shape index (κ1) is 45.1. The van der Waals surface area contributed by atoms with Gasteiger partial charge in [-0.1, -0.05) is 12.5 Å². The highest BCUT2D eigenvalue weighted by atomic mass is 19.4. The summed E-state index contributed by atoms with van der Waals surface area (Å²) in [5.41, 5.74) is 6.95. The summed E-state index contributed by atoms with van der Waals surface area (Å²) in [7, 11) is 0. The summed E-state index contributed by atoms with van der Waals surface area (Å²) in [5, 5.41) is 20.4. The number of anilines is 3. The Bertz CT molecular complexity index is 2650. The Balaban J connectivity index is 0.819. The molecule has 0 aliphatic carbocycles. The van der Waals surface area contributed by atoms with Gasteiger partial charge in [-0.2, -0.15) is 18.3 Å². The van der Waals surface area contributed by atoms with Gasteiger partial charge in [0.15, 0.2) is 11.4 Å². The first-order valence-corrected chi connectivity index (χ1v) is 20.3. The molecule has 1 unspecified atom stereocenters. The summed E-state index contributed by atoms with van der Waals surface area (Å²) in [5.74, 6) is -4.44. The molecule has 5 aromatic rings. The number of carbonyl (C=O) groups is 7. The molecule has 338 valence electrons. The summed E-state index contributed by atoms with van der Waals surface area (Å²) in [6.45, 7) is 0.849. The molecule has 1 saturated heterocycles. The number of oxazole rings is 1. The molecule has 2 aliphatic rings. The molecule has 0 bridgehead atoms. The molecule has 0 saturated carbocycles. The van der Waals surface area contributed by atoms with E-state index in [1.807, 2.05) is 0 Å². The molecule has 7 rings (SSSR count). The molecule has 1 atom stereocenters. The largest absolute Gasteiger partial charge is 0.444 e. The Morgan fingerprint density at radius 1 is 0.892 bits per heavy atom. The number of primary amides is 1. The number of hydrogen-bond donors (Lipinski definition) is 7. The van der Waals surface area contributed by atoms with Gasteiger partial charge in [0.2, 0.25) is 17.7 Å². The predicted octanol–water partition coefficient (Wildman–Crippen LogP) is 3.25. The second kappa shape index (κ2) is 19.6. The zero-order valence-corrected chi connectivity index (χ0v) is 34.3. The van der Waals surface area contributed by atoms with Gasteiger partial charge in [0.25, 0.3) is 29.5 Å². The fourth-order valence-corrected chi connectivity index (χ4v) is 7.02. The van der Waals surface area contributed by atoms with Crippen molar-refractivity contribution in [2.45, 2.75) is 44.3 Å². The molecule has 0 radical (unpaired) electrons. The molecule has 23 heteroatoms. The van der Waals surface area contributed by atoms with Crippen LogP contribution >= 0.6 is 0 Å². The highest BCUT2D eigenvalue weighted by molar-refractivity contribution is 6.25. The number of halogens is 3. The van der Waals surface area contributed by atoms with Gasteiger partial charge in [0, 0.05) is 49.1 Å². The summed E-state index contributed by atoms with van der Waals surface area (Å²) >= 11 is 0. The van der Waals surface area contributed by atoms with Gasteiger partial charge >= 0.3 is 6.18 Å². The molecule has 0 spiro atoms. The maximum Gasteiger partial charge on any atom is 0.405 e. The smallest absolute Gasteiger partial charge is 0.405 e. The number of nitrogens with one attached hydrogen (secondary N) is 6. The SMILES string of the molecule is NC(=O)c1nn(-c2ccc(C(=O)NCCCCCNCCNc3cccc4c3C(=O)N(C3CCC(=O)NC3=O)C4=O)cc2)cc1NC(=O)c1coc(-c2ccnc(NCC(F)(F)F)c2)n1. The van der Waals surface area contributed by atoms with E-state index >= 15 is 0 Å². The fourth-order valence-electron chi connectivity index (χ4n) is 7.02. The van der Waals surface area contributed by atoms with Crippen LogP contribution in [0.3, 0.4) is 0 Å². The van der Waals surface area contributed by atoms with E-state index in [2.05, 4.69) is 47.0 Å². The van der Waals surface area contributed by atoms with Crippen LogP contribution in [0.5, 0.6) is 0 Å². The highest BCUT2D eigenvalue weighted by Gasteiger charge is 2.45. The van der Waals surface area contributed by atoms with Crippen LogP contribution in [0, 0.1) is 0 Å². The topological polar surface area (TPSA) is 278 Å². The Hall–Kier alpha value is -7.95. The number of hydrogen-bond acceptors (Lipinski definition) is 14. The van der Waals surface area contributed by atoms with Crippen molar-refractivity contribution in [1.82, 2.24) is 40.6 Å². The van der Waals surface area contributed by atoms with Crippen LogP contribution in [-0.4, -0.2) is 111 Å². The van der Waals surface area contributed by atoms with Crippen molar-refractivity contribution in [2.75, 3.05) is 48.7 Å². The van der Waals surface area contributed by atoms with E-state index in [0.29, 0.717) is 43.1 Å². The monoisotopic (exact) mass is 898 g/mol. The second-order valence-electron chi connectivity index (χ2n) is 14.8. The minimum Gasteiger partial charge on any atom is -0.444 e. The number of nitrogens with zero attached hydrogens (tertiary/aromatic N) is 5. The van der Waals surface area contributed by atoms with Crippen molar-refractivity contribution in [1.29, 1.82) is 0 Å². The van der Waals surface area contributed by atoms with Gasteiger partial charge in [-0.05, 0) is 74.3 Å². The summed E-state index contributed by atoms with van der Waals surface area (Å²) in [6, 6.07) is 12.9. The van der Waals surface area contributed by atoms with Crippen LogP contribution in [0.15, 0.2) is 77.7 Å². The Morgan fingerprint density at radius 2 is 1.68 bits per heavy atom. The number of pyridine rings is 1. The normalized spacial score (nSPS) is 14.8. The van der Waals surface area contributed by atoms with E-state index in [-0.39, 0.29) is 64.2 Å². The standard InChI is InChI=1S/C42H41F3N12O8/c43-42(44,45)22-51-31-19-24(13-16-49-31)39-53-29(21-65-39)37(61)52-28-20-56(55-34(28)35(46)59)25-9-7-23(8-10-25)36(60)50-15-3-1-2-14-47-17-18-48-27-6-4-5-26-33(27)41(64)57(40(26)63)30-11-12-32(58)54-38(30)62/h4-10,13,16,19-21,30,47-48H,1-3,11-12,14-15,17-18,22H2,(H2,46,59)(H,49,51)(H,50,60)(H,52,61)(H,54,58,62). The maximum absolute atomic E-state index is 13.3. The molecule has 2 aliphatic heterocycles. The Labute approximate surface area is 366 Å². The number of aromatic nitrogens is 4. The fraction of sp³-hybridized carbons (Fsp3) is 0.286. The molecule has 8 N–H and O–H groups in total. The minimum atomic E-state index is -4.46. The molecular formula is C42H41F3N12O8. The molecule has 2 aromatic carbocycles. The third kappa shape index (κ3) is 10.8. The number of rotatable bonds is 19. The van der Waals surface area contributed by atoms with E-state index in [0.717, 1.165) is 30.4 Å². The first-order valence-electron chi connectivity index (χ1n) is 20.3. The highest BCUT2D eigenvalue weighted by Crippen LogP contribution is 2.32. The zero-order chi connectivity index (χ0) is 46.3. The molecular weight excluding hydrogens is 858 g/mol. The zero-order valence-electron chi connectivity index (χ0n) is 34.3. The van der Waals surface area contributed by atoms with Crippen molar-refractivity contribution in [3.8, 4) is 17.1 Å². The second-order valence-corrected chi connectivity index (χ2v) is 14.8. The average molecular weight is 899 g/mol. The summed E-state index contributed by atoms with van der Waals surface area (Å²) in [6.07, 6.45) is 1.66. The Morgan fingerprint density at radius 3 is 2.43 bits per heavy atom. The van der Waals surface area contributed by atoms with E-state index in [1.54, 1.807) is 36.4 Å². The van der Waals surface area contributed by atoms with E-state index < -0.39 is 54.2 Å². The van der Waals surface area contributed by atoms with Crippen molar-refractivity contribution < 1.29 is 51.2 Å². The average Bonchev–Trinajstić information content (AvgIpc) is 4.01. The lowest BCUT2D eigenvalue weighted by Crippen LogP contribution is -2.54. The summed E-state index contributed by atoms with van der Waals surface area (Å²) < 4.78 is 44.5. The third-order valence-corrected chi connectivity index (χ3v) is 10.2. The van der Waals surface area contributed by atoms with Crippen molar-refractivity contribution in [3.63, 3.8) is 0 Å². The molecule has 7 amide bonds. The van der Waals surface area contributed by atoms with Gasteiger partial charge in [0.05, 0.1) is 28.7 Å². The Kier molecular flexibility index (Phi) is 13.6. The number of benzene rings is 2. The van der Waals surface area contributed by atoms with Crippen LogP contribution in [0.1, 0.15) is 84.2 Å². The van der Waals surface area contributed by atoms with Crippen LogP contribution in [0.25, 0.3) is 17.1 Å². The lowest BCUT2D eigenvalue weighted by atomic mass is 10.0. The summed E-state index contributed by atoms with van der Waals surface area (Å²) in [4.78, 5) is 97.3. The van der Waals surface area contributed by atoms with E-state index in [9.17, 15) is 46.7 Å². The molecule has 1 fully saturated rings. The molecule has 5 heterocycles. The minimum absolute atomic E-state index is 0.0390. The number of amides is 7. The van der Waals surface area contributed by atoms with Crippen LogP contribution < -0.4 is 37.6 Å². The lowest BCUT2D eigenvalue weighted by molar-refractivity contribution is -0.136. The first-order chi connectivity index (χ1) is 31.2. The number of imide groups is 2. The number of unbranched alkanes of at least 4 members (excludes halogenated alkanes) is 2. The number of carbonyl (C=O) groups excluding carboxylic acids is 7. The van der Waals surface area contributed by atoms with Crippen molar-refractivity contribution >= 4 is 58.5 Å². The van der Waals surface area contributed by atoms with Gasteiger partial charge in [0.1, 0.15) is 24.7 Å². The number of fused-ring (bicyclic) bond motifs is 1. The predicted molar refractivity (Wildman–Crippen MR) is 225 cm³/mol. The van der Waals surface area contributed by atoms with E-state index in [4.69, 9.17) is 10.2 Å². The van der Waals surface area contributed by atoms with Crippen LogP contribution in [0.4, 0.5) is 30.4 Å². The van der Waals surface area contributed by atoms with Crippen molar-refractivity contribution in [2.24, 2.45) is 5.73 Å².